The molecule has 2 nitrogen and oxygen atoms in total. The smallest absolute Gasteiger partial charge is 0.200 e. The Morgan fingerprint density at radius 3 is 2.21 bits per heavy atom. The van der Waals surface area contributed by atoms with E-state index in [-0.39, 0.29) is 5.41 Å². The molecule has 3 aromatic rings. The Morgan fingerprint density at radius 2 is 1.54 bits per heavy atom. The highest BCUT2D eigenvalue weighted by Crippen LogP contribution is 2.27. The summed E-state index contributed by atoms with van der Waals surface area (Å²) in [4.78, 5) is 4.68. The summed E-state index contributed by atoms with van der Waals surface area (Å²) in [5, 5.41) is 3.04. The molecule has 0 heterocycles. The predicted octanol–water partition coefficient (Wildman–Crippen LogP) is 6.65. The largest absolute Gasteiger partial charge is 0.442 e. The number of ether oxygens (including phenoxy) is 1. The van der Waals surface area contributed by atoms with Gasteiger partial charge in [-0.2, -0.15) is 0 Å². The van der Waals surface area contributed by atoms with Crippen LogP contribution in [0.2, 0.25) is 5.02 Å². The number of rotatable bonds is 2. The molecule has 24 heavy (non-hydrogen) atoms. The van der Waals surface area contributed by atoms with Crippen molar-refractivity contribution in [3.63, 3.8) is 0 Å². The molecule has 0 aliphatic heterocycles. The number of fused-ring (bicyclic) bond motifs is 1. The first-order valence-electron chi connectivity index (χ1n) is 7.93. The van der Waals surface area contributed by atoms with Gasteiger partial charge in [0.2, 0.25) is 5.90 Å². The van der Waals surface area contributed by atoms with Gasteiger partial charge in [-0.3, -0.25) is 0 Å². The Bertz CT molecular complexity index is 876. The van der Waals surface area contributed by atoms with Crippen molar-refractivity contribution in [2.45, 2.75) is 20.8 Å². The van der Waals surface area contributed by atoms with Gasteiger partial charge in [-0.05, 0) is 47.2 Å². The molecule has 0 amide bonds. The minimum absolute atomic E-state index is 0.217. The van der Waals surface area contributed by atoms with E-state index in [0.29, 0.717) is 10.9 Å². The summed E-state index contributed by atoms with van der Waals surface area (Å²) in [6.45, 7) is 6.26. The van der Waals surface area contributed by atoms with Crippen molar-refractivity contribution in [3.05, 3.63) is 71.8 Å². The van der Waals surface area contributed by atoms with Crippen LogP contribution in [0.4, 0.5) is 5.69 Å². The summed E-state index contributed by atoms with van der Waals surface area (Å²) >= 11 is 5.94. The lowest BCUT2D eigenvalue weighted by Gasteiger charge is -2.21. The minimum atomic E-state index is -0.217. The molecular weight excluding hydrogens is 318 g/mol. The van der Waals surface area contributed by atoms with E-state index in [1.807, 2.05) is 48.5 Å². The molecule has 3 aromatic carbocycles. The minimum Gasteiger partial charge on any atom is -0.442 e. The molecule has 0 unspecified atom stereocenters. The second kappa shape index (κ2) is 6.66. The predicted molar refractivity (Wildman–Crippen MR) is 103 cm³/mol. The van der Waals surface area contributed by atoms with E-state index in [9.17, 15) is 0 Å². The number of halogens is 1. The molecule has 0 aromatic heterocycles. The molecule has 0 spiro atoms. The van der Waals surface area contributed by atoms with E-state index >= 15 is 0 Å². The zero-order chi connectivity index (χ0) is 17.2. The average molecular weight is 338 g/mol. The third kappa shape index (κ3) is 3.95. The molecule has 0 fully saturated rings. The molecule has 0 radical (unpaired) electrons. The van der Waals surface area contributed by atoms with Gasteiger partial charge in [0, 0.05) is 10.4 Å². The normalized spacial score (nSPS) is 12.4. The number of nitrogens with zero attached hydrogens (tertiary/aromatic N) is 1. The fourth-order valence-electron chi connectivity index (χ4n) is 2.32. The molecule has 0 N–H and O–H groups in total. The molecule has 122 valence electrons. The van der Waals surface area contributed by atoms with E-state index in [1.54, 1.807) is 0 Å². The molecule has 0 saturated heterocycles. The lowest BCUT2D eigenvalue weighted by atomic mass is 9.96. The zero-order valence-corrected chi connectivity index (χ0v) is 14.8. The summed E-state index contributed by atoms with van der Waals surface area (Å²) in [7, 11) is 0. The first-order chi connectivity index (χ1) is 11.4. The molecule has 0 bridgehead atoms. The summed E-state index contributed by atoms with van der Waals surface area (Å²) in [5.41, 5.74) is 0.607. The number of benzene rings is 3. The van der Waals surface area contributed by atoms with Crippen LogP contribution in [0.15, 0.2) is 71.7 Å². The Balaban J connectivity index is 1.95. The van der Waals surface area contributed by atoms with Crippen molar-refractivity contribution < 1.29 is 4.74 Å². The summed E-state index contributed by atoms with van der Waals surface area (Å²) in [6, 6.07) is 21.7. The van der Waals surface area contributed by atoms with Crippen LogP contribution in [0.3, 0.4) is 0 Å². The second-order valence-corrected chi connectivity index (χ2v) is 7.19. The third-order valence-corrected chi connectivity index (χ3v) is 3.89. The van der Waals surface area contributed by atoms with Crippen molar-refractivity contribution >= 4 is 34.0 Å². The second-order valence-electron chi connectivity index (χ2n) is 6.75. The Kier molecular flexibility index (Phi) is 4.59. The first kappa shape index (κ1) is 16.5. The van der Waals surface area contributed by atoms with Crippen LogP contribution < -0.4 is 4.74 Å². The number of hydrogen-bond acceptors (Lipinski definition) is 2. The average Bonchev–Trinajstić information content (AvgIpc) is 2.55. The van der Waals surface area contributed by atoms with Crippen molar-refractivity contribution in [1.82, 2.24) is 0 Å². The van der Waals surface area contributed by atoms with E-state index in [4.69, 9.17) is 16.3 Å². The van der Waals surface area contributed by atoms with Crippen LogP contribution in [0.1, 0.15) is 20.8 Å². The Labute approximate surface area is 147 Å². The fraction of sp³-hybridized carbons (Fsp3) is 0.190. The quantitative estimate of drug-likeness (QED) is 0.379. The van der Waals surface area contributed by atoms with Crippen molar-refractivity contribution in [1.29, 1.82) is 0 Å². The van der Waals surface area contributed by atoms with Gasteiger partial charge in [0.1, 0.15) is 5.75 Å². The summed E-state index contributed by atoms with van der Waals surface area (Å²) in [5.74, 6) is 1.46. The van der Waals surface area contributed by atoms with Gasteiger partial charge in [0.05, 0.1) is 5.69 Å². The molecule has 3 rings (SSSR count). The highest BCUT2D eigenvalue weighted by molar-refractivity contribution is 6.30. The maximum absolute atomic E-state index is 6.14. The van der Waals surface area contributed by atoms with Crippen LogP contribution in [0.25, 0.3) is 10.8 Å². The number of aliphatic imine (C=N–C) groups is 1. The molecule has 0 aliphatic rings. The van der Waals surface area contributed by atoms with Crippen LogP contribution >= 0.6 is 11.6 Å². The molecule has 0 aliphatic carbocycles. The maximum atomic E-state index is 6.14. The van der Waals surface area contributed by atoms with Gasteiger partial charge < -0.3 is 4.74 Å². The van der Waals surface area contributed by atoms with Crippen LogP contribution in [-0.4, -0.2) is 5.90 Å². The molecule has 0 saturated carbocycles. The van der Waals surface area contributed by atoms with E-state index < -0.39 is 0 Å². The van der Waals surface area contributed by atoms with Crippen LogP contribution in [-0.2, 0) is 0 Å². The van der Waals surface area contributed by atoms with E-state index in [1.165, 1.54) is 5.39 Å². The SMILES string of the molecule is CC(C)(C)C(=Nc1ccc(Cl)cc1)Oc1ccc2ccccc2c1. The summed E-state index contributed by atoms with van der Waals surface area (Å²) in [6.07, 6.45) is 0. The molecule has 3 heteroatoms. The highest BCUT2D eigenvalue weighted by Gasteiger charge is 2.22. The lowest BCUT2D eigenvalue weighted by Crippen LogP contribution is -2.26. The van der Waals surface area contributed by atoms with Crippen LogP contribution in [0.5, 0.6) is 5.75 Å². The standard InChI is InChI=1S/C21H20ClNO/c1-21(2,3)20(23-18-11-9-17(22)10-12-18)24-19-13-8-15-6-4-5-7-16(15)14-19/h4-14H,1-3H3. The molecule has 0 atom stereocenters. The van der Waals surface area contributed by atoms with Crippen molar-refractivity contribution in [3.8, 4) is 5.75 Å². The van der Waals surface area contributed by atoms with Gasteiger partial charge >= 0.3 is 0 Å². The van der Waals surface area contributed by atoms with Gasteiger partial charge in [-0.1, -0.05) is 62.7 Å². The topological polar surface area (TPSA) is 21.6 Å². The Morgan fingerprint density at radius 1 is 0.875 bits per heavy atom. The fourth-order valence-corrected chi connectivity index (χ4v) is 2.45. The van der Waals surface area contributed by atoms with Gasteiger partial charge in [0.15, 0.2) is 0 Å². The summed E-state index contributed by atoms with van der Waals surface area (Å²) < 4.78 is 6.14. The third-order valence-electron chi connectivity index (χ3n) is 3.63. The highest BCUT2D eigenvalue weighted by atomic mass is 35.5. The lowest BCUT2D eigenvalue weighted by molar-refractivity contribution is 0.434. The molecular formula is C21H20ClNO. The van der Waals surface area contributed by atoms with Gasteiger partial charge in [-0.15, -0.1) is 0 Å². The zero-order valence-electron chi connectivity index (χ0n) is 14.1. The first-order valence-corrected chi connectivity index (χ1v) is 8.31. The van der Waals surface area contributed by atoms with Gasteiger partial charge in [0.25, 0.3) is 0 Å². The van der Waals surface area contributed by atoms with Crippen molar-refractivity contribution in [2.75, 3.05) is 0 Å². The van der Waals surface area contributed by atoms with E-state index in [2.05, 4.69) is 44.0 Å². The van der Waals surface area contributed by atoms with Crippen LogP contribution in [0, 0.1) is 5.41 Å². The van der Waals surface area contributed by atoms with Gasteiger partial charge in [-0.25, -0.2) is 4.99 Å². The van der Waals surface area contributed by atoms with Crippen molar-refractivity contribution in [2.24, 2.45) is 10.4 Å². The maximum Gasteiger partial charge on any atom is 0.200 e. The Hall–Kier alpha value is -2.32. The number of hydrogen-bond donors (Lipinski definition) is 0. The van der Waals surface area contributed by atoms with E-state index in [0.717, 1.165) is 16.8 Å². The monoisotopic (exact) mass is 337 g/mol.